The Hall–Kier alpha value is -2.67. The molecule has 26 heavy (non-hydrogen) atoms. The highest BCUT2D eigenvalue weighted by molar-refractivity contribution is 7.14. The second-order valence-corrected chi connectivity index (χ2v) is 7.43. The first-order valence-electron chi connectivity index (χ1n) is 8.36. The van der Waals surface area contributed by atoms with Gasteiger partial charge in [0.15, 0.2) is 5.78 Å². The first-order chi connectivity index (χ1) is 12.5. The van der Waals surface area contributed by atoms with Crippen molar-refractivity contribution in [1.29, 1.82) is 0 Å². The van der Waals surface area contributed by atoms with Crippen molar-refractivity contribution >= 4 is 40.3 Å². The highest BCUT2D eigenvalue weighted by atomic mass is 32.1. The molecule has 1 aromatic carbocycles. The molecular formula is C19H20N2O4S. The molecule has 0 aliphatic carbocycles. The maximum atomic E-state index is 12.3. The summed E-state index contributed by atoms with van der Waals surface area (Å²) in [4.78, 5) is 37.7. The average Bonchev–Trinajstić information content (AvgIpc) is 3.05. The van der Waals surface area contributed by atoms with Crippen LogP contribution in [0, 0.1) is 6.92 Å². The fourth-order valence-electron chi connectivity index (χ4n) is 2.82. The molecule has 1 aliphatic rings. The fourth-order valence-corrected chi connectivity index (χ4v) is 3.65. The number of carbonyl (C=O) groups excluding carboxylic acids is 3. The second-order valence-electron chi connectivity index (χ2n) is 6.14. The third-order valence-electron chi connectivity index (χ3n) is 4.19. The lowest BCUT2D eigenvalue weighted by molar-refractivity contribution is -0.117. The van der Waals surface area contributed by atoms with Crippen molar-refractivity contribution < 1.29 is 19.1 Å². The Morgan fingerprint density at radius 2 is 2.04 bits per heavy atom. The number of Topliss-reactive ketones (excluding diaryl/α,β-unsaturated/α-hetero) is 1. The van der Waals surface area contributed by atoms with Crippen LogP contribution in [0.3, 0.4) is 0 Å². The number of carbonyl (C=O) groups is 3. The summed E-state index contributed by atoms with van der Waals surface area (Å²) in [6.07, 6.45) is 1.31. The van der Waals surface area contributed by atoms with Crippen LogP contribution in [0.1, 0.15) is 39.4 Å². The van der Waals surface area contributed by atoms with Gasteiger partial charge in [0.25, 0.3) is 0 Å². The lowest BCUT2D eigenvalue weighted by Crippen LogP contribution is -2.20. The first-order valence-corrected chi connectivity index (χ1v) is 9.18. The van der Waals surface area contributed by atoms with Gasteiger partial charge in [-0.05, 0) is 43.2 Å². The Bertz CT molecular complexity index is 872. The fraction of sp³-hybridized carbons (Fsp3) is 0.316. The summed E-state index contributed by atoms with van der Waals surface area (Å²) in [6, 6.07) is 7.21. The van der Waals surface area contributed by atoms with E-state index >= 15 is 0 Å². The molecule has 1 aliphatic heterocycles. The van der Waals surface area contributed by atoms with E-state index in [2.05, 4.69) is 10.6 Å². The highest BCUT2D eigenvalue weighted by Crippen LogP contribution is 2.34. The van der Waals surface area contributed by atoms with Gasteiger partial charge in [-0.1, -0.05) is 0 Å². The minimum Gasteiger partial charge on any atom is -0.495 e. The molecule has 2 aromatic rings. The predicted molar refractivity (Wildman–Crippen MR) is 101 cm³/mol. The largest absolute Gasteiger partial charge is 0.495 e. The molecule has 3 rings (SSSR count). The highest BCUT2D eigenvalue weighted by Gasteiger charge is 2.19. The molecule has 0 atom stereocenters. The number of ether oxygens (including phenoxy) is 1. The number of hydrogen-bond donors (Lipinski definition) is 2. The summed E-state index contributed by atoms with van der Waals surface area (Å²) in [5.74, 6) is 0.181. The summed E-state index contributed by atoms with van der Waals surface area (Å²) in [6.45, 7) is 1.94. The molecule has 2 amide bonds. The van der Waals surface area contributed by atoms with Gasteiger partial charge in [-0.2, -0.15) is 0 Å². The van der Waals surface area contributed by atoms with Crippen LogP contribution in [0.4, 0.5) is 11.4 Å². The summed E-state index contributed by atoms with van der Waals surface area (Å²) in [5, 5.41) is 5.57. The van der Waals surface area contributed by atoms with Crippen LogP contribution in [0.5, 0.6) is 5.75 Å². The van der Waals surface area contributed by atoms with Gasteiger partial charge in [-0.3, -0.25) is 14.4 Å². The van der Waals surface area contributed by atoms with Gasteiger partial charge < -0.3 is 15.4 Å². The van der Waals surface area contributed by atoms with Crippen LogP contribution in [0.25, 0.3) is 0 Å². The molecule has 0 saturated carbocycles. The van der Waals surface area contributed by atoms with E-state index in [4.69, 9.17) is 4.74 Å². The number of fused-ring (bicyclic) bond motifs is 1. The summed E-state index contributed by atoms with van der Waals surface area (Å²) in [5.41, 5.74) is 2.14. The van der Waals surface area contributed by atoms with Crippen molar-refractivity contribution in [3.05, 3.63) is 39.6 Å². The molecule has 0 saturated heterocycles. The number of rotatable bonds is 6. The number of hydrogen-bond acceptors (Lipinski definition) is 5. The standard InChI is InChI=1S/C19H20N2O4S/c1-11-3-6-17(26-11)15(22)5-8-19(24)21-14-10-13-12(9-16(14)25-2)4-7-18(23)20-13/h3,6,9-10H,4-5,7-8H2,1-2H3,(H,20,23)(H,21,24). The van der Waals surface area contributed by atoms with Gasteiger partial charge in [0, 0.05) is 29.8 Å². The molecule has 0 fully saturated rings. The van der Waals surface area contributed by atoms with Crippen LogP contribution >= 0.6 is 11.3 Å². The Balaban J connectivity index is 1.66. The molecule has 0 radical (unpaired) electrons. The number of ketones is 1. The minimum absolute atomic E-state index is 0.0390. The quantitative estimate of drug-likeness (QED) is 0.760. The molecule has 0 bridgehead atoms. The van der Waals surface area contributed by atoms with Crippen LogP contribution in [-0.2, 0) is 16.0 Å². The molecular weight excluding hydrogens is 352 g/mol. The van der Waals surface area contributed by atoms with Crippen molar-refractivity contribution in [2.75, 3.05) is 17.7 Å². The number of amides is 2. The van der Waals surface area contributed by atoms with Gasteiger partial charge in [0.2, 0.25) is 11.8 Å². The van der Waals surface area contributed by atoms with E-state index in [1.54, 1.807) is 12.1 Å². The molecule has 1 aromatic heterocycles. The topological polar surface area (TPSA) is 84.5 Å². The van der Waals surface area contributed by atoms with Gasteiger partial charge in [-0.15, -0.1) is 11.3 Å². The van der Waals surface area contributed by atoms with E-state index in [0.29, 0.717) is 34.8 Å². The maximum absolute atomic E-state index is 12.3. The Kier molecular flexibility index (Phi) is 5.37. The van der Waals surface area contributed by atoms with Gasteiger partial charge >= 0.3 is 0 Å². The van der Waals surface area contributed by atoms with Crippen LogP contribution in [0.2, 0.25) is 0 Å². The molecule has 136 valence electrons. The maximum Gasteiger partial charge on any atom is 0.224 e. The van der Waals surface area contributed by atoms with E-state index in [1.165, 1.54) is 18.4 Å². The van der Waals surface area contributed by atoms with Gasteiger partial charge in [0.1, 0.15) is 5.75 Å². The zero-order valence-electron chi connectivity index (χ0n) is 14.7. The molecule has 2 heterocycles. The van der Waals surface area contributed by atoms with E-state index in [1.807, 2.05) is 19.1 Å². The Morgan fingerprint density at radius 3 is 2.73 bits per heavy atom. The number of methoxy groups -OCH3 is 1. The molecule has 6 nitrogen and oxygen atoms in total. The number of nitrogens with one attached hydrogen (secondary N) is 2. The van der Waals surface area contributed by atoms with E-state index in [9.17, 15) is 14.4 Å². The third kappa shape index (κ3) is 4.11. The first kappa shape index (κ1) is 18.1. The van der Waals surface area contributed by atoms with Crippen molar-refractivity contribution in [3.8, 4) is 5.75 Å². The number of benzene rings is 1. The zero-order valence-corrected chi connectivity index (χ0v) is 15.5. The summed E-state index contributed by atoms with van der Waals surface area (Å²) < 4.78 is 5.34. The van der Waals surface area contributed by atoms with Gasteiger partial charge in [0.05, 0.1) is 17.7 Å². The molecule has 0 spiro atoms. The smallest absolute Gasteiger partial charge is 0.224 e. The third-order valence-corrected chi connectivity index (χ3v) is 5.23. The second kappa shape index (κ2) is 7.70. The summed E-state index contributed by atoms with van der Waals surface area (Å²) >= 11 is 1.43. The van der Waals surface area contributed by atoms with E-state index in [0.717, 1.165) is 10.4 Å². The number of thiophene rings is 1. The number of aryl methyl sites for hydroxylation is 2. The lowest BCUT2D eigenvalue weighted by atomic mass is 10.0. The predicted octanol–water partition coefficient (Wildman–Crippen LogP) is 3.55. The molecule has 7 heteroatoms. The normalized spacial score (nSPS) is 12.9. The van der Waals surface area contributed by atoms with Crippen molar-refractivity contribution in [3.63, 3.8) is 0 Å². The number of anilines is 2. The summed E-state index contributed by atoms with van der Waals surface area (Å²) in [7, 11) is 1.53. The Labute approximate surface area is 155 Å². The Morgan fingerprint density at radius 1 is 1.23 bits per heavy atom. The van der Waals surface area contributed by atoms with E-state index in [-0.39, 0.29) is 30.4 Å². The van der Waals surface area contributed by atoms with Crippen LogP contribution < -0.4 is 15.4 Å². The molecule has 2 N–H and O–H groups in total. The monoisotopic (exact) mass is 372 g/mol. The SMILES string of the molecule is COc1cc2c(cc1NC(=O)CCC(=O)c1ccc(C)s1)NC(=O)CC2. The minimum atomic E-state index is -0.271. The molecule has 0 unspecified atom stereocenters. The van der Waals surface area contributed by atoms with E-state index < -0.39 is 0 Å². The zero-order chi connectivity index (χ0) is 18.7. The average molecular weight is 372 g/mol. The van der Waals surface area contributed by atoms with Crippen molar-refractivity contribution in [1.82, 2.24) is 0 Å². The van der Waals surface area contributed by atoms with Crippen LogP contribution in [-0.4, -0.2) is 24.7 Å². The van der Waals surface area contributed by atoms with Gasteiger partial charge in [-0.25, -0.2) is 0 Å². The van der Waals surface area contributed by atoms with Crippen molar-refractivity contribution in [2.24, 2.45) is 0 Å². The van der Waals surface area contributed by atoms with Crippen molar-refractivity contribution in [2.45, 2.75) is 32.6 Å². The lowest BCUT2D eigenvalue weighted by Gasteiger charge is -2.20. The van der Waals surface area contributed by atoms with Crippen LogP contribution in [0.15, 0.2) is 24.3 Å².